The van der Waals surface area contributed by atoms with Crippen LogP contribution in [0.15, 0.2) is 30.3 Å². The van der Waals surface area contributed by atoms with Crippen molar-refractivity contribution < 1.29 is 20.4 Å². The van der Waals surface area contributed by atoms with Gasteiger partial charge in [0, 0.05) is 42.4 Å². The molecule has 1 unspecified atom stereocenters. The fourth-order valence-corrected chi connectivity index (χ4v) is 3.00. The van der Waals surface area contributed by atoms with E-state index in [2.05, 4.69) is 5.32 Å². The zero-order valence-corrected chi connectivity index (χ0v) is 14.7. The molecule has 0 radical (unpaired) electrons. The van der Waals surface area contributed by atoms with E-state index in [0.717, 1.165) is 27.9 Å². The van der Waals surface area contributed by atoms with Crippen LogP contribution in [-0.2, 0) is 12.8 Å². The van der Waals surface area contributed by atoms with E-state index in [1.54, 1.807) is 18.2 Å². The van der Waals surface area contributed by atoms with Crippen LogP contribution in [0.5, 0.6) is 0 Å². The monoisotopic (exact) mass is 361 g/mol. The molecule has 2 aromatic carbocycles. The van der Waals surface area contributed by atoms with Crippen molar-refractivity contribution in [2.24, 2.45) is 0 Å². The lowest BCUT2D eigenvalue weighted by Gasteiger charge is -2.20. The van der Waals surface area contributed by atoms with Gasteiger partial charge in [0.05, 0.1) is 12.7 Å². The van der Waals surface area contributed by atoms with Crippen LogP contribution < -0.4 is 16.8 Å². The quantitative estimate of drug-likeness (QED) is 0.319. The van der Waals surface area contributed by atoms with Gasteiger partial charge in [-0.3, -0.25) is 0 Å². The van der Waals surface area contributed by atoms with Gasteiger partial charge in [0.15, 0.2) is 0 Å². The molecule has 0 bridgehead atoms. The predicted octanol–water partition coefficient (Wildman–Crippen LogP) is 0.353. The highest BCUT2D eigenvalue weighted by atomic mass is 16.3. The molecule has 0 saturated heterocycles. The van der Waals surface area contributed by atoms with Gasteiger partial charge in [0.1, 0.15) is 0 Å². The number of aliphatic hydroxyl groups excluding tert-OH is 4. The molecule has 0 aromatic heterocycles. The standard InChI is InChI=1S/C19H27N3O4/c20-12-1-4-19(22-10-13(26)11-25)17(9-12)14-2-3-18(21)16(6-8-24)15(14)5-7-23/h1-4,9,13,22-26H,5-8,10-11,20-21H2. The van der Waals surface area contributed by atoms with Gasteiger partial charge in [-0.05, 0) is 53.8 Å². The summed E-state index contributed by atoms with van der Waals surface area (Å²) in [4.78, 5) is 0. The van der Waals surface area contributed by atoms with E-state index in [-0.39, 0.29) is 26.4 Å². The number of nitrogens with one attached hydrogen (secondary N) is 1. The Morgan fingerprint density at radius 3 is 2.23 bits per heavy atom. The van der Waals surface area contributed by atoms with Crippen LogP contribution in [0.25, 0.3) is 11.1 Å². The lowest BCUT2D eigenvalue weighted by Crippen LogP contribution is -2.23. The third-order valence-corrected chi connectivity index (χ3v) is 4.26. The summed E-state index contributed by atoms with van der Waals surface area (Å²) in [7, 11) is 0. The third kappa shape index (κ3) is 4.64. The van der Waals surface area contributed by atoms with E-state index in [0.29, 0.717) is 24.2 Å². The van der Waals surface area contributed by atoms with Crippen molar-refractivity contribution >= 4 is 17.1 Å². The van der Waals surface area contributed by atoms with Crippen molar-refractivity contribution in [3.05, 3.63) is 41.5 Å². The second-order valence-corrected chi connectivity index (χ2v) is 6.13. The summed E-state index contributed by atoms with van der Waals surface area (Å²) in [6, 6.07) is 9.00. The van der Waals surface area contributed by atoms with E-state index >= 15 is 0 Å². The van der Waals surface area contributed by atoms with Crippen molar-refractivity contribution in [1.82, 2.24) is 0 Å². The molecule has 9 N–H and O–H groups in total. The molecule has 7 heteroatoms. The minimum Gasteiger partial charge on any atom is -0.399 e. The molecule has 0 aliphatic heterocycles. The van der Waals surface area contributed by atoms with Gasteiger partial charge in [-0.25, -0.2) is 0 Å². The average Bonchev–Trinajstić information content (AvgIpc) is 2.63. The number of rotatable bonds is 9. The number of hydrogen-bond donors (Lipinski definition) is 7. The normalized spacial score (nSPS) is 12.2. The Labute approximate surface area is 152 Å². The Kier molecular flexibility index (Phi) is 7.23. The number of benzene rings is 2. The first-order chi connectivity index (χ1) is 12.5. The van der Waals surface area contributed by atoms with Crippen LogP contribution in [0.2, 0.25) is 0 Å². The number of nitrogen functional groups attached to an aromatic ring is 2. The highest BCUT2D eigenvalue weighted by molar-refractivity contribution is 5.84. The molecule has 0 aliphatic carbocycles. The Balaban J connectivity index is 2.55. The second-order valence-electron chi connectivity index (χ2n) is 6.13. The molecule has 0 saturated carbocycles. The summed E-state index contributed by atoms with van der Waals surface area (Å²) in [5.41, 5.74) is 17.2. The number of hydrogen-bond acceptors (Lipinski definition) is 7. The van der Waals surface area contributed by atoms with Crippen molar-refractivity contribution in [3.63, 3.8) is 0 Å². The molecule has 26 heavy (non-hydrogen) atoms. The molecule has 1 atom stereocenters. The van der Waals surface area contributed by atoms with E-state index in [1.807, 2.05) is 12.1 Å². The summed E-state index contributed by atoms with van der Waals surface area (Å²) < 4.78 is 0. The third-order valence-electron chi connectivity index (χ3n) is 4.26. The zero-order valence-electron chi connectivity index (χ0n) is 14.7. The molecule has 0 fully saturated rings. The maximum Gasteiger partial charge on any atom is 0.0942 e. The SMILES string of the molecule is Nc1ccc(NCC(O)CO)c(-c2ccc(N)c(CCO)c2CCO)c1. The molecule has 7 nitrogen and oxygen atoms in total. The van der Waals surface area contributed by atoms with E-state index in [4.69, 9.17) is 16.6 Å². The molecule has 0 amide bonds. The van der Waals surface area contributed by atoms with E-state index in [1.165, 1.54) is 0 Å². The lowest BCUT2D eigenvalue weighted by molar-refractivity contribution is 0.105. The fourth-order valence-electron chi connectivity index (χ4n) is 3.00. The van der Waals surface area contributed by atoms with Gasteiger partial charge in [-0.1, -0.05) is 6.07 Å². The number of aliphatic hydroxyl groups is 4. The van der Waals surface area contributed by atoms with Gasteiger partial charge in [0.25, 0.3) is 0 Å². The maximum atomic E-state index is 9.61. The Morgan fingerprint density at radius 2 is 1.58 bits per heavy atom. The summed E-state index contributed by atoms with van der Waals surface area (Å²) >= 11 is 0. The molecule has 0 aliphatic rings. The topological polar surface area (TPSA) is 145 Å². The van der Waals surface area contributed by atoms with Gasteiger partial charge in [0.2, 0.25) is 0 Å². The second kappa shape index (κ2) is 9.40. The minimum atomic E-state index is -0.881. The summed E-state index contributed by atoms with van der Waals surface area (Å²) in [6.07, 6.45) is -0.0966. The Hall–Kier alpha value is -2.32. The van der Waals surface area contributed by atoms with Gasteiger partial charge in [-0.2, -0.15) is 0 Å². The number of nitrogens with two attached hydrogens (primary N) is 2. The van der Waals surface area contributed by atoms with Crippen LogP contribution in [0.4, 0.5) is 17.1 Å². The molecule has 2 aromatic rings. The molecular weight excluding hydrogens is 334 g/mol. The molecule has 0 spiro atoms. The highest BCUT2D eigenvalue weighted by Crippen LogP contribution is 2.36. The summed E-state index contributed by atoms with van der Waals surface area (Å²) in [5.74, 6) is 0. The van der Waals surface area contributed by atoms with Gasteiger partial charge >= 0.3 is 0 Å². The van der Waals surface area contributed by atoms with Crippen molar-refractivity contribution in [2.45, 2.75) is 18.9 Å². The zero-order chi connectivity index (χ0) is 19.1. The van der Waals surface area contributed by atoms with Crippen molar-refractivity contribution in [3.8, 4) is 11.1 Å². The van der Waals surface area contributed by atoms with E-state index < -0.39 is 6.10 Å². The summed E-state index contributed by atoms with van der Waals surface area (Å²) in [5, 5.41) is 40.6. The molecular formula is C19H27N3O4. The largest absolute Gasteiger partial charge is 0.399 e. The van der Waals surface area contributed by atoms with Crippen LogP contribution in [0, 0.1) is 0 Å². The van der Waals surface area contributed by atoms with Gasteiger partial charge < -0.3 is 37.2 Å². The van der Waals surface area contributed by atoms with Crippen molar-refractivity contribution in [1.29, 1.82) is 0 Å². The highest BCUT2D eigenvalue weighted by Gasteiger charge is 2.16. The minimum absolute atomic E-state index is 0.0448. The first kappa shape index (κ1) is 20.0. The average molecular weight is 361 g/mol. The summed E-state index contributed by atoms with van der Waals surface area (Å²) in [6.45, 7) is -0.253. The smallest absolute Gasteiger partial charge is 0.0942 e. The van der Waals surface area contributed by atoms with E-state index in [9.17, 15) is 15.3 Å². The van der Waals surface area contributed by atoms with Crippen LogP contribution >= 0.6 is 0 Å². The van der Waals surface area contributed by atoms with Crippen LogP contribution in [0.3, 0.4) is 0 Å². The predicted molar refractivity (Wildman–Crippen MR) is 104 cm³/mol. The Morgan fingerprint density at radius 1 is 0.885 bits per heavy atom. The first-order valence-corrected chi connectivity index (χ1v) is 8.56. The number of anilines is 3. The van der Waals surface area contributed by atoms with Crippen LogP contribution in [0.1, 0.15) is 11.1 Å². The lowest BCUT2D eigenvalue weighted by atomic mass is 9.90. The first-order valence-electron chi connectivity index (χ1n) is 8.56. The Bertz CT molecular complexity index is 737. The maximum absolute atomic E-state index is 9.61. The molecule has 0 heterocycles. The van der Waals surface area contributed by atoms with Gasteiger partial charge in [-0.15, -0.1) is 0 Å². The molecule has 2 rings (SSSR count). The van der Waals surface area contributed by atoms with Crippen molar-refractivity contribution in [2.75, 3.05) is 43.1 Å². The van der Waals surface area contributed by atoms with Crippen LogP contribution in [-0.4, -0.2) is 52.9 Å². The molecule has 142 valence electrons. The fraction of sp³-hybridized carbons (Fsp3) is 0.368.